The summed E-state index contributed by atoms with van der Waals surface area (Å²) in [4.78, 5) is 11.9. The van der Waals surface area contributed by atoms with E-state index in [1.807, 2.05) is 18.3 Å². The molecule has 2 N–H and O–H groups in total. The van der Waals surface area contributed by atoms with Crippen molar-refractivity contribution in [2.75, 3.05) is 5.32 Å². The summed E-state index contributed by atoms with van der Waals surface area (Å²) in [5.41, 5.74) is 3.20. The maximum Gasteiger partial charge on any atom is 0.179 e. The van der Waals surface area contributed by atoms with E-state index in [1.165, 1.54) is 0 Å². The quantitative estimate of drug-likeness (QED) is 0.569. The van der Waals surface area contributed by atoms with Gasteiger partial charge in [-0.25, -0.2) is 9.97 Å². The lowest BCUT2D eigenvalue weighted by Gasteiger charge is -2.15. The van der Waals surface area contributed by atoms with Gasteiger partial charge in [0.2, 0.25) is 0 Å². The Balaban J connectivity index is 1.46. The van der Waals surface area contributed by atoms with Crippen LogP contribution in [0.4, 0.5) is 5.82 Å². The summed E-state index contributed by atoms with van der Waals surface area (Å²) in [6, 6.07) is 8.10. The van der Waals surface area contributed by atoms with Gasteiger partial charge in [-0.2, -0.15) is 5.26 Å². The second kappa shape index (κ2) is 6.60. The number of nitriles is 1. The number of hydrogen-bond donors (Lipinski definition) is 2. The van der Waals surface area contributed by atoms with E-state index in [4.69, 9.17) is 5.26 Å². The monoisotopic (exact) mass is 372 g/mol. The smallest absolute Gasteiger partial charge is 0.179 e. The van der Waals surface area contributed by atoms with Crippen molar-refractivity contribution in [3.63, 3.8) is 0 Å². The number of fused-ring (bicyclic) bond motifs is 3. The second-order valence-corrected chi connectivity index (χ2v) is 7.35. The molecule has 0 bridgehead atoms. The molecule has 1 aliphatic carbocycles. The Morgan fingerprint density at radius 3 is 2.93 bits per heavy atom. The highest BCUT2D eigenvalue weighted by atomic mass is 15.3. The van der Waals surface area contributed by atoms with Gasteiger partial charge in [-0.3, -0.25) is 4.40 Å². The van der Waals surface area contributed by atoms with E-state index < -0.39 is 0 Å². The Labute approximate surface area is 161 Å². The van der Waals surface area contributed by atoms with Gasteiger partial charge in [0, 0.05) is 24.4 Å². The third-order valence-corrected chi connectivity index (χ3v) is 5.76. The molecule has 1 fully saturated rings. The summed E-state index contributed by atoms with van der Waals surface area (Å²) in [6.45, 7) is 2.23. The molecule has 4 aromatic rings. The fourth-order valence-corrected chi connectivity index (χ4v) is 4.40. The van der Waals surface area contributed by atoms with Crippen molar-refractivity contribution in [3.8, 4) is 6.07 Å². The van der Waals surface area contributed by atoms with Crippen LogP contribution < -0.4 is 5.32 Å². The lowest BCUT2D eigenvalue weighted by Crippen LogP contribution is -2.16. The predicted octanol–water partition coefficient (Wildman–Crippen LogP) is 3.26. The molecule has 0 aliphatic heterocycles. The highest BCUT2D eigenvalue weighted by Gasteiger charge is 2.37. The number of nitrogens with zero attached hydrogens (tertiary/aromatic N) is 6. The Kier molecular flexibility index (Phi) is 3.93. The molecule has 140 valence electrons. The summed E-state index contributed by atoms with van der Waals surface area (Å²) >= 11 is 0. The SMILES string of the molecule is CC[C@@H]1C[C@H](Nc2ccc(C#N)cn2)C[C@@H]1c1nnc2cnc3[nH]ccc3n12. The first kappa shape index (κ1) is 16.7. The van der Waals surface area contributed by atoms with Crippen LogP contribution >= 0.6 is 0 Å². The Hall–Kier alpha value is -3.47. The zero-order valence-electron chi connectivity index (χ0n) is 15.5. The normalized spacial score (nSPS) is 21.9. The average molecular weight is 372 g/mol. The minimum atomic E-state index is 0.311. The first-order valence-corrected chi connectivity index (χ1v) is 9.56. The van der Waals surface area contributed by atoms with E-state index in [1.54, 1.807) is 18.5 Å². The standard InChI is InChI=1S/C20H20N8/c1-2-13-7-14(25-17-4-3-12(9-21)10-23-17)8-15(13)20-27-26-18-11-24-19-16(28(18)20)5-6-22-19/h3-6,10-11,13-15,22H,2,7-8H2,1H3,(H,23,25)/t13-,14+,15+/m1/s1. The highest BCUT2D eigenvalue weighted by Crippen LogP contribution is 2.42. The molecule has 28 heavy (non-hydrogen) atoms. The number of aromatic nitrogens is 6. The average Bonchev–Trinajstić information content (AvgIpc) is 3.45. The summed E-state index contributed by atoms with van der Waals surface area (Å²) in [5, 5.41) is 21.4. The van der Waals surface area contributed by atoms with Crippen LogP contribution in [-0.4, -0.2) is 35.6 Å². The molecule has 5 rings (SSSR count). The number of aromatic amines is 1. The fraction of sp³-hybridized carbons (Fsp3) is 0.350. The summed E-state index contributed by atoms with van der Waals surface area (Å²) in [6.07, 6.45) is 8.37. The minimum Gasteiger partial charge on any atom is -0.367 e. The van der Waals surface area contributed by atoms with E-state index in [0.29, 0.717) is 23.4 Å². The van der Waals surface area contributed by atoms with Crippen molar-refractivity contribution in [1.29, 1.82) is 5.26 Å². The molecule has 0 amide bonds. The molecular weight excluding hydrogens is 352 g/mol. The van der Waals surface area contributed by atoms with Crippen LogP contribution in [0.15, 0.2) is 36.8 Å². The Bertz CT molecular complexity index is 1170. The maximum absolute atomic E-state index is 8.93. The number of rotatable bonds is 4. The van der Waals surface area contributed by atoms with E-state index in [2.05, 4.69) is 47.9 Å². The number of nitrogens with one attached hydrogen (secondary N) is 2. The van der Waals surface area contributed by atoms with Gasteiger partial charge in [0.05, 0.1) is 17.3 Å². The molecular formula is C20H20N8. The minimum absolute atomic E-state index is 0.311. The summed E-state index contributed by atoms with van der Waals surface area (Å²) in [7, 11) is 0. The third kappa shape index (κ3) is 2.67. The molecule has 0 unspecified atom stereocenters. The molecule has 3 atom stereocenters. The molecule has 1 aliphatic rings. The van der Waals surface area contributed by atoms with Crippen LogP contribution in [0.5, 0.6) is 0 Å². The zero-order chi connectivity index (χ0) is 19.1. The van der Waals surface area contributed by atoms with Gasteiger partial charge < -0.3 is 10.3 Å². The molecule has 4 aromatic heterocycles. The van der Waals surface area contributed by atoms with Crippen molar-refractivity contribution in [3.05, 3.63) is 48.2 Å². The molecule has 8 heteroatoms. The zero-order valence-corrected chi connectivity index (χ0v) is 15.5. The number of H-pyrrole nitrogens is 1. The lowest BCUT2D eigenvalue weighted by molar-refractivity contribution is 0.451. The molecule has 0 saturated heterocycles. The van der Waals surface area contributed by atoms with Gasteiger partial charge in [0.15, 0.2) is 11.3 Å². The maximum atomic E-state index is 8.93. The van der Waals surface area contributed by atoms with Gasteiger partial charge in [0.1, 0.15) is 17.7 Å². The van der Waals surface area contributed by atoms with E-state index in [-0.39, 0.29) is 0 Å². The first-order chi connectivity index (χ1) is 13.8. The Morgan fingerprint density at radius 2 is 2.14 bits per heavy atom. The van der Waals surface area contributed by atoms with Crippen LogP contribution in [-0.2, 0) is 0 Å². The van der Waals surface area contributed by atoms with Gasteiger partial charge in [-0.1, -0.05) is 13.3 Å². The van der Waals surface area contributed by atoms with Crippen LogP contribution in [0.3, 0.4) is 0 Å². The summed E-state index contributed by atoms with van der Waals surface area (Å²) < 4.78 is 2.13. The highest BCUT2D eigenvalue weighted by molar-refractivity contribution is 5.74. The van der Waals surface area contributed by atoms with Crippen molar-refractivity contribution < 1.29 is 0 Å². The van der Waals surface area contributed by atoms with Crippen LogP contribution in [0.2, 0.25) is 0 Å². The number of hydrogen-bond acceptors (Lipinski definition) is 6. The lowest BCUT2D eigenvalue weighted by atomic mass is 9.93. The van der Waals surface area contributed by atoms with E-state index in [9.17, 15) is 0 Å². The predicted molar refractivity (Wildman–Crippen MR) is 105 cm³/mol. The largest absolute Gasteiger partial charge is 0.367 e. The molecule has 0 spiro atoms. The first-order valence-electron chi connectivity index (χ1n) is 9.56. The molecule has 1 saturated carbocycles. The van der Waals surface area contributed by atoms with Crippen molar-refractivity contribution in [2.45, 2.75) is 38.1 Å². The molecule has 0 radical (unpaired) electrons. The topological polar surface area (TPSA) is 108 Å². The van der Waals surface area contributed by atoms with Gasteiger partial charge in [0.25, 0.3) is 0 Å². The van der Waals surface area contributed by atoms with Crippen molar-refractivity contribution >= 4 is 22.6 Å². The van der Waals surface area contributed by atoms with E-state index in [0.717, 1.165) is 47.7 Å². The Morgan fingerprint density at radius 1 is 1.21 bits per heavy atom. The van der Waals surface area contributed by atoms with Gasteiger partial charge in [-0.15, -0.1) is 10.2 Å². The fourth-order valence-electron chi connectivity index (χ4n) is 4.40. The van der Waals surface area contributed by atoms with Crippen LogP contribution in [0.1, 0.15) is 43.5 Å². The second-order valence-electron chi connectivity index (χ2n) is 7.35. The van der Waals surface area contributed by atoms with Crippen molar-refractivity contribution in [1.82, 2.24) is 29.5 Å². The molecule has 4 heterocycles. The molecule has 8 nitrogen and oxygen atoms in total. The van der Waals surface area contributed by atoms with Crippen LogP contribution in [0, 0.1) is 17.2 Å². The van der Waals surface area contributed by atoms with Gasteiger partial charge >= 0.3 is 0 Å². The van der Waals surface area contributed by atoms with Gasteiger partial charge in [-0.05, 0) is 37.0 Å². The number of anilines is 1. The molecule has 0 aromatic carbocycles. The third-order valence-electron chi connectivity index (χ3n) is 5.76. The van der Waals surface area contributed by atoms with Crippen molar-refractivity contribution in [2.24, 2.45) is 5.92 Å². The van der Waals surface area contributed by atoms with E-state index >= 15 is 0 Å². The van der Waals surface area contributed by atoms with Crippen LogP contribution in [0.25, 0.3) is 16.8 Å². The summed E-state index contributed by atoms with van der Waals surface area (Å²) in [5.74, 6) is 2.65. The number of pyridine rings is 1.